The monoisotopic (exact) mass is 1070 g/mol. The lowest BCUT2D eigenvalue weighted by Gasteiger charge is -2.21. The summed E-state index contributed by atoms with van der Waals surface area (Å²) in [5, 5.41) is 53.2. The Bertz CT molecular complexity index is 2920. The Hall–Kier alpha value is -8.91. The van der Waals surface area contributed by atoms with Crippen molar-refractivity contribution in [3.8, 4) is 23.0 Å². The number of aromatic carboxylic acids is 3. The zero-order valence-electron chi connectivity index (χ0n) is 46.0. The van der Waals surface area contributed by atoms with Crippen LogP contribution in [0.5, 0.6) is 23.0 Å². The van der Waals surface area contributed by atoms with Crippen LogP contribution in [0.3, 0.4) is 0 Å². The van der Waals surface area contributed by atoms with Crippen LogP contribution in [0, 0.1) is 0 Å². The Labute approximate surface area is 463 Å². The maximum Gasteiger partial charge on any atom is 0.335 e. The van der Waals surface area contributed by atoms with Crippen LogP contribution >= 0.6 is 0 Å². The SMILES string of the molecule is CCCOc1c2cccc1Cc1cc(C(=O)O)cc(c1O)Cc1cc(C(=O)O)cc(c1OCCC)Cc1cc(C(=O)O)cc(c1O)C2.CCc1ccccn1.CCc1ccccn1.CCc1ccccn1.CCc1ccccn1. The minimum atomic E-state index is -1.23. The number of hydrogen-bond acceptors (Lipinski definition) is 11. The predicted molar refractivity (Wildman–Crippen MR) is 307 cm³/mol. The molecule has 0 atom stereocenters. The molecule has 1 aliphatic carbocycles. The molecule has 8 bridgehead atoms. The Balaban J connectivity index is 0.000000283. The minimum absolute atomic E-state index is 0.0483. The van der Waals surface area contributed by atoms with Gasteiger partial charge in [0.1, 0.15) is 23.0 Å². The molecule has 0 radical (unpaired) electrons. The largest absolute Gasteiger partial charge is 0.507 e. The summed E-state index contributed by atoms with van der Waals surface area (Å²) in [7, 11) is 0. The molecule has 0 spiro atoms. The van der Waals surface area contributed by atoms with E-state index in [2.05, 4.69) is 47.6 Å². The number of pyridine rings is 4. The standard InChI is InChI=1S/C37H36O10.4C7H9N/c1-3-8-46-33-20-6-5-7-21(33)11-23-15-29(36(42)43)17-25(32(23)39)13-27-19-30(37(44)45)18-26(34(27)47-9-4-2)12-24-16-28(35(40)41)14-22(10-20)31(24)38;4*1-2-7-5-3-4-6-8-7/h5-7,14-19,38-39H,3-4,8-13H2,1-2H3,(H,40,41)(H,42,43)(H,44,45);4*3-6H,2H2,1H3. The Kier molecular flexibility index (Phi) is 24.7. The molecular weight excluding hydrogens is 997 g/mol. The van der Waals surface area contributed by atoms with Crippen molar-refractivity contribution >= 4 is 17.9 Å². The summed E-state index contributed by atoms with van der Waals surface area (Å²) in [6.45, 7) is 12.9. The summed E-state index contributed by atoms with van der Waals surface area (Å²) < 4.78 is 12.4. The molecule has 4 aromatic heterocycles. The highest BCUT2D eigenvalue weighted by Gasteiger charge is 2.24. The maximum atomic E-state index is 12.3. The van der Waals surface area contributed by atoms with Gasteiger partial charge in [-0.25, -0.2) is 14.4 Å². The Morgan fingerprint density at radius 3 is 0.873 bits per heavy atom. The van der Waals surface area contributed by atoms with Gasteiger partial charge < -0.3 is 35.0 Å². The van der Waals surface area contributed by atoms with E-state index in [1.165, 1.54) is 36.4 Å². The van der Waals surface area contributed by atoms with Crippen molar-refractivity contribution in [1.29, 1.82) is 0 Å². The van der Waals surface area contributed by atoms with Gasteiger partial charge >= 0.3 is 17.9 Å². The highest BCUT2D eigenvalue weighted by atomic mass is 16.5. The fourth-order valence-electron chi connectivity index (χ4n) is 8.39. The molecule has 8 aromatic rings. The zero-order chi connectivity index (χ0) is 57.1. The van der Waals surface area contributed by atoms with Crippen molar-refractivity contribution in [1.82, 2.24) is 19.9 Å². The number of hydrogen-bond donors (Lipinski definition) is 5. The van der Waals surface area contributed by atoms with Gasteiger partial charge in [-0.05, 0) is 168 Å². The number of carboxylic acid groups (broad SMARTS) is 3. The van der Waals surface area contributed by atoms with Gasteiger partial charge in [-0.15, -0.1) is 0 Å². The molecule has 79 heavy (non-hydrogen) atoms. The van der Waals surface area contributed by atoms with E-state index >= 15 is 0 Å². The number of phenolic OH excluding ortho intramolecular Hbond substituents is 2. The summed E-state index contributed by atoms with van der Waals surface area (Å²) in [5.41, 5.74) is 7.70. The number of rotatable bonds is 13. The van der Waals surface area contributed by atoms with Gasteiger partial charge in [-0.3, -0.25) is 19.9 Å². The van der Waals surface area contributed by atoms with Crippen LogP contribution in [0.1, 0.15) is 153 Å². The average Bonchev–Trinajstić information content (AvgIpc) is 3.50. The first-order valence-corrected chi connectivity index (χ1v) is 26.7. The Morgan fingerprint density at radius 2 is 0.646 bits per heavy atom. The predicted octanol–water partition coefficient (Wildman–Crippen LogP) is 13.0. The van der Waals surface area contributed by atoms with Crippen LogP contribution < -0.4 is 9.47 Å². The number of aromatic hydroxyl groups is 2. The van der Waals surface area contributed by atoms with E-state index in [0.717, 1.165) is 48.5 Å². The molecule has 0 unspecified atom stereocenters. The lowest BCUT2D eigenvalue weighted by Crippen LogP contribution is -2.10. The lowest BCUT2D eigenvalue weighted by molar-refractivity contribution is 0.0686. The fourth-order valence-corrected chi connectivity index (χ4v) is 8.39. The molecule has 0 amide bonds. The second-order valence-electron chi connectivity index (χ2n) is 18.3. The number of carboxylic acids is 3. The fraction of sp³-hybridized carbons (Fsp3) is 0.277. The van der Waals surface area contributed by atoms with E-state index in [1.54, 1.807) is 6.07 Å². The number of aromatic nitrogens is 4. The number of nitrogens with zero attached hydrogens (tertiary/aromatic N) is 4. The second-order valence-corrected chi connectivity index (χ2v) is 18.3. The summed E-state index contributed by atoms with van der Waals surface area (Å²) in [5.74, 6) is -3.06. The van der Waals surface area contributed by atoms with Gasteiger partial charge in [0.05, 0.1) is 29.9 Å². The average molecular weight is 1070 g/mol. The Morgan fingerprint density at radius 1 is 0.380 bits per heavy atom. The zero-order valence-corrected chi connectivity index (χ0v) is 46.0. The molecule has 412 valence electrons. The number of ether oxygens (including phenoxy) is 2. The van der Waals surface area contributed by atoms with E-state index in [9.17, 15) is 39.9 Å². The molecule has 14 nitrogen and oxygen atoms in total. The quantitative estimate of drug-likeness (QED) is 0.0725. The van der Waals surface area contributed by atoms with Crippen molar-refractivity contribution in [2.45, 2.75) is 106 Å². The van der Waals surface area contributed by atoms with Gasteiger partial charge in [0.25, 0.3) is 0 Å². The van der Waals surface area contributed by atoms with Crippen LogP contribution in [-0.2, 0) is 51.4 Å². The third kappa shape index (κ3) is 18.7. The van der Waals surface area contributed by atoms with Gasteiger partial charge in [0, 0.05) is 73.2 Å². The van der Waals surface area contributed by atoms with Gasteiger partial charge in [0.2, 0.25) is 0 Å². The molecule has 1 aliphatic rings. The van der Waals surface area contributed by atoms with Crippen molar-refractivity contribution in [3.05, 3.63) is 236 Å². The number of phenols is 2. The van der Waals surface area contributed by atoms with E-state index in [0.29, 0.717) is 64.3 Å². The first kappa shape index (κ1) is 60.9. The van der Waals surface area contributed by atoms with Crippen molar-refractivity contribution in [2.24, 2.45) is 0 Å². The molecule has 0 saturated carbocycles. The smallest absolute Gasteiger partial charge is 0.335 e. The van der Waals surface area contributed by atoms with E-state index in [-0.39, 0.29) is 71.6 Å². The van der Waals surface area contributed by atoms with Gasteiger partial charge in [0.15, 0.2) is 0 Å². The highest BCUT2D eigenvalue weighted by Crippen LogP contribution is 2.40. The molecule has 14 heteroatoms. The summed E-state index contributed by atoms with van der Waals surface area (Å²) in [6.07, 6.45) is 12.8. The van der Waals surface area contributed by atoms with E-state index < -0.39 is 17.9 Å². The molecule has 4 heterocycles. The number of carbonyl (C=O) groups is 3. The molecular formula is C65H72N4O10. The molecule has 0 fully saturated rings. The molecule has 5 N–H and O–H groups in total. The number of aryl methyl sites for hydroxylation is 4. The number of fused-ring (bicyclic) bond motifs is 8. The van der Waals surface area contributed by atoms with Crippen LogP contribution in [0.25, 0.3) is 0 Å². The topological polar surface area (TPSA) is 222 Å². The molecule has 9 rings (SSSR count). The first-order valence-electron chi connectivity index (χ1n) is 26.7. The number of para-hydroxylation sites is 1. The van der Waals surface area contributed by atoms with E-state index in [4.69, 9.17) is 9.47 Å². The van der Waals surface area contributed by atoms with Crippen LogP contribution in [0.4, 0.5) is 0 Å². The third-order valence-corrected chi connectivity index (χ3v) is 12.5. The summed E-state index contributed by atoms with van der Waals surface area (Å²) in [4.78, 5) is 53.2. The van der Waals surface area contributed by atoms with Crippen LogP contribution in [0.2, 0.25) is 0 Å². The lowest BCUT2D eigenvalue weighted by atomic mass is 9.89. The molecule has 0 aliphatic heterocycles. The van der Waals surface area contributed by atoms with Gasteiger partial charge in [-0.1, -0.05) is 84.0 Å². The first-order chi connectivity index (χ1) is 38.2. The third-order valence-electron chi connectivity index (χ3n) is 12.5. The maximum absolute atomic E-state index is 12.3. The van der Waals surface area contributed by atoms with Crippen molar-refractivity contribution < 1.29 is 49.4 Å². The van der Waals surface area contributed by atoms with Crippen LogP contribution in [-0.4, -0.2) is 76.6 Å². The van der Waals surface area contributed by atoms with E-state index in [1.807, 2.05) is 124 Å². The second kappa shape index (κ2) is 32.0. The van der Waals surface area contributed by atoms with Crippen molar-refractivity contribution in [3.63, 3.8) is 0 Å². The highest BCUT2D eigenvalue weighted by molar-refractivity contribution is 5.90. The normalized spacial score (nSPS) is 11.0. The molecule has 4 aromatic carbocycles. The molecule has 0 saturated heterocycles. The summed E-state index contributed by atoms with van der Waals surface area (Å²) in [6, 6.07) is 37.6. The van der Waals surface area contributed by atoms with Crippen LogP contribution in [0.15, 0.2) is 152 Å². The van der Waals surface area contributed by atoms with Gasteiger partial charge in [-0.2, -0.15) is 0 Å². The summed E-state index contributed by atoms with van der Waals surface area (Å²) >= 11 is 0. The number of benzene rings is 4. The van der Waals surface area contributed by atoms with Crippen molar-refractivity contribution in [2.75, 3.05) is 13.2 Å². The minimum Gasteiger partial charge on any atom is -0.507 e.